The molecule has 1 fully saturated rings. The molecular formula is C16H26BrIN4. The van der Waals surface area contributed by atoms with Crippen molar-refractivity contribution in [2.75, 3.05) is 31.1 Å². The fourth-order valence-electron chi connectivity index (χ4n) is 2.47. The van der Waals surface area contributed by atoms with Crippen molar-refractivity contribution in [1.29, 1.82) is 0 Å². The molecule has 1 saturated heterocycles. The highest BCUT2D eigenvalue weighted by atomic mass is 127. The van der Waals surface area contributed by atoms with Crippen LogP contribution in [0.3, 0.4) is 0 Å². The van der Waals surface area contributed by atoms with Crippen molar-refractivity contribution in [2.45, 2.75) is 20.3 Å². The van der Waals surface area contributed by atoms with Crippen molar-refractivity contribution in [3.63, 3.8) is 0 Å². The highest BCUT2D eigenvalue weighted by Crippen LogP contribution is 2.24. The number of guanidine groups is 1. The standard InChI is InChI=1S/C16H25BrN4.HI/c1-12(2)9-19-16(18)20-10-13-7-8-21(11-13)15-5-3-14(17)4-6-15;/h3-6,12-13H,7-11H2,1-2H3,(H3,18,19,20);1H. The molecule has 4 nitrogen and oxygen atoms in total. The molecule has 0 aliphatic carbocycles. The zero-order chi connectivity index (χ0) is 15.2. The lowest BCUT2D eigenvalue weighted by Gasteiger charge is -2.19. The Morgan fingerprint density at radius 2 is 2.09 bits per heavy atom. The van der Waals surface area contributed by atoms with Gasteiger partial charge in [-0.15, -0.1) is 24.0 Å². The Morgan fingerprint density at radius 3 is 2.73 bits per heavy atom. The van der Waals surface area contributed by atoms with Crippen LogP contribution in [0.4, 0.5) is 5.69 Å². The SMILES string of the molecule is CC(C)CN=C(N)NCC1CCN(c2ccc(Br)cc2)C1.I. The van der Waals surface area contributed by atoms with Crippen LogP contribution in [-0.2, 0) is 0 Å². The molecule has 124 valence electrons. The number of benzene rings is 1. The van der Waals surface area contributed by atoms with Crippen LogP contribution < -0.4 is 16.0 Å². The van der Waals surface area contributed by atoms with E-state index in [0.717, 1.165) is 30.7 Å². The molecule has 0 spiro atoms. The Kier molecular flexibility index (Phi) is 8.53. The van der Waals surface area contributed by atoms with Crippen molar-refractivity contribution in [3.8, 4) is 0 Å². The molecule has 1 aromatic rings. The van der Waals surface area contributed by atoms with Crippen LogP contribution in [0.15, 0.2) is 33.7 Å². The van der Waals surface area contributed by atoms with Gasteiger partial charge >= 0.3 is 0 Å². The second kappa shape index (κ2) is 9.60. The third-order valence-corrected chi connectivity index (χ3v) is 4.20. The number of nitrogens with two attached hydrogens (primary N) is 1. The first-order chi connectivity index (χ1) is 10.0. The summed E-state index contributed by atoms with van der Waals surface area (Å²) in [6.07, 6.45) is 1.19. The number of nitrogens with zero attached hydrogens (tertiary/aromatic N) is 2. The third kappa shape index (κ3) is 6.32. The predicted octanol–water partition coefficient (Wildman–Crippen LogP) is 3.45. The first-order valence-electron chi connectivity index (χ1n) is 7.59. The molecule has 1 aliphatic rings. The number of hydrogen-bond donors (Lipinski definition) is 2. The van der Waals surface area contributed by atoms with E-state index in [2.05, 4.69) is 69.3 Å². The largest absolute Gasteiger partial charge is 0.371 e. The Balaban J connectivity index is 0.00000242. The molecule has 0 radical (unpaired) electrons. The molecule has 1 aliphatic heterocycles. The van der Waals surface area contributed by atoms with Crippen LogP contribution in [0.25, 0.3) is 0 Å². The van der Waals surface area contributed by atoms with E-state index in [1.807, 2.05) is 0 Å². The van der Waals surface area contributed by atoms with E-state index in [9.17, 15) is 0 Å². The third-order valence-electron chi connectivity index (χ3n) is 3.68. The minimum absolute atomic E-state index is 0. The molecule has 3 N–H and O–H groups in total. The average Bonchev–Trinajstić information content (AvgIpc) is 2.92. The number of aliphatic imine (C=N–C) groups is 1. The summed E-state index contributed by atoms with van der Waals surface area (Å²) >= 11 is 3.48. The lowest BCUT2D eigenvalue weighted by atomic mass is 10.1. The summed E-state index contributed by atoms with van der Waals surface area (Å²) in [7, 11) is 0. The van der Waals surface area contributed by atoms with Gasteiger partial charge in [0.1, 0.15) is 0 Å². The first kappa shape index (κ1) is 19.5. The minimum Gasteiger partial charge on any atom is -0.371 e. The topological polar surface area (TPSA) is 53.6 Å². The molecule has 0 aromatic heterocycles. The van der Waals surface area contributed by atoms with Gasteiger partial charge in [-0.05, 0) is 42.5 Å². The van der Waals surface area contributed by atoms with Crippen LogP contribution in [0, 0.1) is 11.8 Å². The van der Waals surface area contributed by atoms with Gasteiger partial charge < -0.3 is 16.0 Å². The smallest absolute Gasteiger partial charge is 0.188 e. The summed E-state index contributed by atoms with van der Waals surface area (Å²) in [5, 5.41) is 3.25. The van der Waals surface area contributed by atoms with Gasteiger partial charge in [0.05, 0.1) is 0 Å². The van der Waals surface area contributed by atoms with E-state index in [0.29, 0.717) is 17.8 Å². The highest BCUT2D eigenvalue weighted by molar-refractivity contribution is 14.0. The van der Waals surface area contributed by atoms with Crippen LogP contribution in [0.5, 0.6) is 0 Å². The fourth-order valence-corrected chi connectivity index (χ4v) is 2.74. The number of nitrogens with one attached hydrogen (secondary N) is 1. The summed E-state index contributed by atoms with van der Waals surface area (Å²) in [6, 6.07) is 8.52. The van der Waals surface area contributed by atoms with E-state index in [1.165, 1.54) is 12.1 Å². The molecule has 0 bridgehead atoms. The normalized spacial score (nSPS) is 18.5. The van der Waals surface area contributed by atoms with E-state index >= 15 is 0 Å². The molecule has 0 saturated carbocycles. The van der Waals surface area contributed by atoms with Gasteiger partial charge in [-0.2, -0.15) is 0 Å². The number of hydrogen-bond acceptors (Lipinski definition) is 2. The zero-order valence-electron chi connectivity index (χ0n) is 13.3. The summed E-state index contributed by atoms with van der Waals surface area (Å²) in [5.74, 6) is 1.75. The Labute approximate surface area is 159 Å². The quantitative estimate of drug-likeness (QED) is 0.385. The highest BCUT2D eigenvalue weighted by Gasteiger charge is 2.22. The second-order valence-corrected chi connectivity index (χ2v) is 6.99. The maximum Gasteiger partial charge on any atom is 0.188 e. The van der Waals surface area contributed by atoms with Gasteiger partial charge in [0.15, 0.2) is 5.96 Å². The average molecular weight is 481 g/mol. The van der Waals surface area contributed by atoms with E-state index in [1.54, 1.807) is 0 Å². The molecule has 1 aromatic carbocycles. The molecule has 1 heterocycles. The van der Waals surface area contributed by atoms with Crippen LogP contribution in [0.1, 0.15) is 20.3 Å². The maximum atomic E-state index is 5.88. The van der Waals surface area contributed by atoms with Crippen LogP contribution in [-0.4, -0.2) is 32.1 Å². The number of rotatable bonds is 5. The molecule has 1 unspecified atom stereocenters. The molecule has 2 rings (SSSR count). The number of halogens is 2. The van der Waals surface area contributed by atoms with E-state index in [4.69, 9.17) is 5.73 Å². The van der Waals surface area contributed by atoms with Crippen molar-refractivity contribution < 1.29 is 0 Å². The van der Waals surface area contributed by atoms with Gasteiger partial charge in [-0.3, -0.25) is 4.99 Å². The summed E-state index contributed by atoms with van der Waals surface area (Å²) in [5.41, 5.74) is 7.18. The first-order valence-corrected chi connectivity index (χ1v) is 8.38. The van der Waals surface area contributed by atoms with Crippen LogP contribution in [0.2, 0.25) is 0 Å². The summed E-state index contributed by atoms with van der Waals surface area (Å²) in [6.45, 7) is 8.16. The Bertz CT molecular complexity index is 476. The van der Waals surface area contributed by atoms with Gasteiger partial charge in [0.2, 0.25) is 0 Å². The molecule has 1 atom stereocenters. The molecule has 6 heteroatoms. The maximum absolute atomic E-state index is 5.88. The Morgan fingerprint density at radius 1 is 1.41 bits per heavy atom. The molecule has 22 heavy (non-hydrogen) atoms. The van der Waals surface area contributed by atoms with Gasteiger partial charge in [-0.1, -0.05) is 29.8 Å². The lowest BCUT2D eigenvalue weighted by molar-refractivity contribution is 0.568. The summed E-state index contributed by atoms with van der Waals surface area (Å²) in [4.78, 5) is 6.77. The van der Waals surface area contributed by atoms with Gasteiger partial charge in [0, 0.05) is 36.3 Å². The Hall–Kier alpha value is -0.500. The lowest BCUT2D eigenvalue weighted by Crippen LogP contribution is -2.36. The van der Waals surface area contributed by atoms with Gasteiger partial charge in [0.25, 0.3) is 0 Å². The predicted molar refractivity (Wildman–Crippen MR) is 109 cm³/mol. The second-order valence-electron chi connectivity index (χ2n) is 6.08. The van der Waals surface area contributed by atoms with E-state index in [-0.39, 0.29) is 24.0 Å². The van der Waals surface area contributed by atoms with Crippen molar-refractivity contribution in [3.05, 3.63) is 28.7 Å². The fraction of sp³-hybridized carbons (Fsp3) is 0.562. The minimum atomic E-state index is 0. The van der Waals surface area contributed by atoms with Crippen molar-refractivity contribution in [2.24, 2.45) is 22.6 Å². The number of anilines is 1. The van der Waals surface area contributed by atoms with Gasteiger partial charge in [-0.25, -0.2) is 0 Å². The monoisotopic (exact) mass is 480 g/mol. The molecule has 0 amide bonds. The summed E-state index contributed by atoms with van der Waals surface area (Å²) < 4.78 is 1.12. The van der Waals surface area contributed by atoms with Crippen molar-refractivity contribution in [1.82, 2.24) is 5.32 Å². The van der Waals surface area contributed by atoms with Crippen molar-refractivity contribution >= 4 is 51.6 Å². The van der Waals surface area contributed by atoms with Crippen LogP contribution >= 0.6 is 39.9 Å². The molecular weight excluding hydrogens is 455 g/mol. The van der Waals surface area contributed by atoms with E-state index < -0.39 is 0 Å². The zero-order valence-corrected chi connectivity index (χ0v) is 17.2.